The summed E-state index contributed by atoms with van der Waals surface area (Å²) in [4.78, 5) is 3.56. The molecular weight excluding hydrogens is 390 g/mol. The van der Waals surface area contributed by atoms with Crippen LogP contribution >= 0.6 is 27.3 Å². The van der Waals surface area contributed by atoms with E-state index in [1.165, 1.54) is 10.4 Å². The van der Waals surface area contributed by atoms with Gasteiger partial charge in [-0.1, -0.05) is 52.3 Å². The summed E-state index contributed by atoms with van der Waals surface area (Å²) in [5, 5.41) is 2.11. The van der Waals surface area contributed by atoms with E-state index in [1.54, 1.807) is 11.3 Å². The first-order chi connectivity index (χ1) is 12.3. The van der Waals surface area contributed by atoms with E-state index in [9.17, 15) is 0 Å². The first-order valence-electron chi connectivity index (χ1n) is 8.06. The van der Waals surface area contributed by atoms with Gasteiger partial charge in [0.05, 0.1) is 0 Å². The van der Waals surface area contributed by atoms with Crippen LogP contribution in [0.15, 0.2) is 101 Å². The van der Waals surface area contributed by atoms with E-state index in [0.717, 1.165) is 21.5 Å². The highest BCUT2D eigenvalue weighted by atomic mass is 79.9. The minimum absolute atomic E-state index is 1.08. The summed E-state index contributed by atoms with van der Waals surface area (Å²) < 4.78 is 1.08. The third-order valence-corrected chi connectivity index (χ3v) is 5.48. The number of halogens is 1. The number of anilines is 3. The lowest BCUT2D eigenvalue weighted by Gasteiger charge is -2.25. The number of benzene rings is 3. The molecule has 0 bridgehead atoms. The molecule has 122 valence electrons. The standard InChI is InChI=1S/C22H16BrNS/c23-18-10-14-21(15-11-18)24(19-5-2-1-3-6-19)20-12-8-17(9-13-20)22-7-4-16-25-22/h1-16H. The van der Waals surface area contributed by atoms with Crippen LogP contribution in [-0.2, 0) is 0 Å². The fraction of sp³-hybridized carbons (Fsp3) is 0. The van der Waals surface area contributed by atoms with Crippen LogP contribution in [0.5, 0.6) is 0 Å². The van der Waals surface area contributed by atoms with Crippen molar-refractivity contribution in [2.75, 3.05) is 4.90 Å². The lowest BCUT2D eigenvalue weighted by atomic mass is 10.1. The molecule has 1 aromatic heterocycles. The number of rotatable bonds is 4. The summed E-state index contributed by atoms with van der Waals surface area (Å²) in [6.45, 7) is 0. The third-order valence-electron chi connectivity index (χ3n) is 4.03. The van der Waals surface area contributed by atoms with Crippen molar-refractivity contribution in [2.24, 2.45) is 0 Å². The van der Waals surface area contributed by atoms with E-state index in [4.69, 9.17) is 0 Å². The maximum atomic E-state index is 3.52. The molecule has 0 unspecified atom stereocenters. The van der Waals surface area contributed by atoms with Crippen LogP contribution < -0.4 is 4.90 Å². The van der Waals surface area contributed by atoms with E-state index in [2.05, 4.69) is 111 Å². The molecule has 4 aromatic rings. The molecule has 0 amide bonds. The van der Waals surface area contributed by atoms with Gasteiger partial charge in [0, 0.05) is 26.4 Å². The first kappa shape index (κ1) is 16.1. The Morgan fingerprint density at radius 3 is 1.80 bits per heavy atom. The largest absolute Gasteiger partial charge is 0.311 e. The Morgan fingerprint density at radius 1 is 0.600 bits per heavy atom. The highest BCUT2D eigenvalue weighted by molar-refractivity contribution is 9.10. The Morgan fingerprint density at radius 2 is 1.20 bits per heavy atom. The maximum Gasteiger partial charge on any atom is 0.0462 e. The molecule has 0 aliphatic heterocycles. The average Bonchev–Trinajstić information content (AvgIpc) is 3.20. The molecule has 0 N–H and O–H groups in total. The van der Waals surface area contributed by atoms with Gasteiger partial charge in [-0.05, 0) is 65.5 Å². The molecule has 0 radical (unpaired) electrons. The topological polar surface area (TPSA) is 3.24 Å². The molecule has 0 atom stereocenters. The van der Waals surface area contributed by atoms with E-state index in [-0.39, 0.29) is 0 Å². The van der Waals surface area contributed by atoms with Crippen LogP contribution in [0.1, 0.15) is 0 Å². The Hall–Kier alpha value is -2.36. The quantitative estimate of drug-likeness (QED) is 0.336. The van der Waals surface area contributed by atoms with Crippen molar-refractivity contribution < 1.29 is 0 Å². The number of hydrogen-bond donors (Lipinski definition) is 0. The molecule has 1 nitrogen and oxygen atoms in total. The lowest BCUT2D eigenvalue weighted by molar-refractivity contribution is 1.28. The summed E-state index contributed by atoms with van der Waals surface area (Å²) in [7, 11) is 0. The molecule has 0 saturated carbocycles. The Balaban J connectivity index is 1.77. The van der Waals surface area contributed by atoms with Crippen LogP contribution in [0, 0.1) is 0 Å². The highest BCUT2D eigenvalue weighted by Gasteiger charge is 2.12. The Labute approximate surface area is 160 Å². The zero-order chi connectivity index (χ0) is 17.1. The molecular formula is C22H16BrNS. The van der Waals surface area contributed by atoms with Gasteiger partial charge in [0.15, 0.2) is 0 Å². The number of para-hydroxylation sites is 1. The number of nitrogens with zero attached hydrogens (tertiary/aromatic N) is 1. The summed E-state index contributed by atoms with van der Waals surface area (Å²) >= 11 is 5.29. The molecule has 0 fully saturated rings. The fourth-order valence-electron chi connectivity index (χ4n) is 2.83. The average molecular weight is 406 g/mol. The normalized spacial score (nSPS) is 10.6. The van der Waals surface area contributed by atoms with Gasteiger partial charge in [-0.25, -0.2) is 0 Å². The van der Waals surface area contributed by atoms with Crippen molar-refractivity contribution in [2.45, 2.75) is 0 Å². The molecule has 0 aliphatic carbocycles. The predicted molar refractivity (Wildman–Crippen MR) is 112 cm³/mol. The second-order valence-corrected chi connectivity index (χ2v) is 7.53. The molecule has 0 saturated heterocycles. The summed E-state index contributed by atoms with van der Waals surface area (Å²) in [5.41, 5.74) is 4.68. The fourth-order valence-corrected chi connectivity index (χ4v) is 3.83. The van der Waals surface area contributed by atoms with Crippen LogP contribution in [-0.4, -0.2) is 0 Å². The zero-order valence-electron chi connectivity index (χ0n) is 13.5. The van der Waals surface area contributed by atoms with Gasteiger partial charge in [0.25, 0.3) is 0 Å². The molecule has 4 rings (SSSR count). The maximum absolute atomic E-state index is 3.52. The van der Waals surface area contributed by atoms with Gasteiger partial charge in [-0.2, -0.15) is 0 Å². The van der Waals surface area contributed by atoms with E-state index >= 15 is 0 Å². The first-order valence-corrected chi connectivity index (χ1v) is 9.73. The van der Waals surface area contributed by atoms with Gasteiger partial charge in [-0.3, -0.25) is 0 Å². The molecule has 3 heteroatoms. The van der Waals surface area contributed by atoms with Crippen molar-refractivity contribution in [3.8, 4) is 10.4 Å². The van der Waals surface area contributed by atoms with Crippen molar-refractivity contribution in [1.82, 2.24) is 0 Å². The van der Waals surface area contributed by atoms with Crippen LogP contribution in [0.4, 0.5) is 17.1 Å². The van der Waals surface area contributed by atoms with Crippen molar-refractivity contribution in [3.63, 3.8) is 0 Å². The van der Waals surface area contributed by atoms with Gasteiger partial charge in [0.2, 0.25) is 0 Å². The predicted octanol–water partition coefficient (Wildman–Crippen LogP) is 7.65. The number of thiophene rings is 1. The summed E-state index contributed by atoms with van der Waals surface area (Å²) in [6, 6.07) is 31.9. The molecule has 0 aliphatic rings. The second-order valence-electron chi connectivity index (χ2n) is 5.67. The minimum atomic E-state index is 1.08. The molecule has 1 heterocycles. The molecule has 25 heavy (non-hydrogen) atoms. The molecule has 3 aromatic carbocycles. The van der Waals surface area contributed by atoms with E-state index in [1.807, 2.05) is 6.07 Å². The minimum Gasteiger partial charge on any atom is -0.311 e. The van der Waals surface area contributed by atoms with Crippen LogP contribution in [0.25, 0.3) is 10.4 Å². The van der Waals surface area contributed by atoms with Crippen LogP contribution in [0.3, 0.4) is 0 Å². The zero-order valence-corrected chi connectivity index (χ0v) is 15.9. The van der Waals surface area contributed by atoms with Crippen LogP contribution in [0.2, 0.25) is 0 Å². The van der Waals surface area contributed by atoms with Crippen molar-refractivity contribution >= 4 is 44.3 Å². The smallest absolute Gasteiger partial charge is 0.0462 e. The van der Waals surface area contributed by atoms with Gasteiger partial charge >= 0.3 is 0 Å². The Bertz CT molecular complexity index is 930. The second kappa shape index (κ2) is 7.26. The molecule has 0 spiro atoms. The summed E-state index contributed by atoms with van der Waals surface area (Å²) in [5.74, 6) is 0. The van der Waals surface area contributed by atoms with Crippen molar-refractivity contribution in [3.05, 3.63) is 101 Å². The van der Waals surface area contributed by atoms with Crippen molar-refractivity contribution in [1.29, 1.82) is 0 Å². The van der Waals surface area contributed by atoms with Gasteiger partial charge in [-0.15, -0.1) is 11.3 Å². The number of hydrogen-bond acceptors (Lipinski definition) is 2. The van der Waals surface area contributed by atoms with Gasteiger partial charge in [0.1, 0.15) is 0 Å². The van der Waals surface area contributed by atoms with Gasteiger partial charge < -0.3 is 4.90 Å². The monoisotopic (exact) mass is 405 g/mol. The Kier molecular flexibility index (Phi) is 4.68. The SMILES string of the molecule is Brc1ccc(N(c2ccccc2)c2ccc(-c3cccs3)cc2)cc1. The third kappa shape index (κ3) is 3.53. The highest BCUT2D eigenvalue weighted by Crippen LogP contribution is 2.36. The van der Waals surface area contributed by atoms with E-state index < -0.39 is 0 Å². The lowest BCUT2D eigenvalue weighted by Crippen LogP contribution is -2.09. The van der Waals surface area contributed by atoms with E-state index in [0.29, 0.717) is 0 Å². The summed E-state index contributed by atoms with van der Waals surface area (Å²) in [6.07, 6.45) is 0.